The predicted molar refractivity (Wildman–Crippen MR) is 62.4 cm³/mol. The number of thiophene rings is 1. The molecule has 1 N–H and O–H groups in total. The van der Waals surface area contributed by atoms with E-state index in [1.54, 1.807) is 24.6 Å². The van der Waals surface area contributed by atoms with Crippen LogP contribution in [0.25, 0.3) is 0 Å². The van der Waals surface area contributed by atoms with Crippen LogP contribution in [-0.2, 0) is 6.54 Å². The van der Waals surface area contributed by atoms with Crippen LogP contribution in [0.4, 0.5) is 5.82 Å². The SMILES string of the molecule is COc1ccc(CNc2ccccn2)s1. The van der Waals surface area contributed by atoms with Gasteiger partial charge in [0, 0.05) is 11.1 Å². The molecule has 0 aliphatic rings. The maximum absolute atomic E-state index is 5.12. The largest absolute Gasteiger partial charge is 0.487 e. The second-order valence-electron chi connectivity index (χ2n) is 2.99. The number of aromatic nitrogens is 1. The minimum absolute atomic E-state index is 0.783. The van der Waals surface area contributed by atoms with Gasteiger partial charge in [0.15, 0.2) is 5.06 Å². The van der Waals surface area contributed by atoms with Crippen LogP contribution in [0.2, 0.25) is 0 Å². The summed E-state index contributed by atoms with van der Waals surface area (Å²) >= 11 is 1.64. The predicted octanol–water partition coefficient (Wildman–Crippen LogP) is 2.76. The van der Waals surface area contributed by atoms with Crippen LogP contribution in [0.1, 0.15) is 4.88 Å². The van der Waals surface area contributed by atoms with Crippen molar-refractivity contribution in [2.24, 2.45) is 0 Å². The molecule has 0 saturated carbocycles. The third kappa shape index (κ3) is 2.70. The standard InChI is InChI=1S/C11H12N2OS/c1-14-11-6-5-9(15-11)8-13-10-4-2-3-7-12-10/h2-7H,8H2,1H3,(H,12,13). The molecule has 78 valence electrons. The zero-order chi connectivity index (χ0) is 10.5. The minimum Gasteiger partial charge on any atom is -0.487 e. The zero-order valence-corrected chi connectivity index (χ0v) is 9.25. The topological polar surface area (TPSA) is 34.1 Å². The van der Waals surface area contributed by atoms with E-state index in [2.05, 4.69) is 16.4 Å². The Labute approximate surface area is 92.7 Å². The van der Waals surface area contributed by atoms with Crippen molar-refractivity contribution in [1.82, 2.24) is 4.98 Å². The highest BCUT2D eigenvalue weighted by Crippen LogP contribution is 2.24. The van der Waals surface area contributed by atoms with Crippen LogP contribution >= 0.6 is 11.3 Å². The van der Waals surface area contributed by atoms with E-state index >= 15 is 0 Å². The molecule has 0 amide bonds. The Morgan fingerprint density at radius 2 is 2.27 bits per heavy atom. The number of hydrogen-bond acceptors (Lipinski definition) is 4. The van der Waals surface area contributed by atoms with Gasteiger partial charge in [0.05, 0.1) is 13.7 Å². The van der Waals surface area contributed by atoms with Crippen molar-refractivity contribution in [3.63, 3.8) is 0 Å². The van der Waals surface area contributed by atoms with E-state index in [-0.39, 0.29) is 0 Å². The summed E-state index contributed by atoms with van der Waals surface area (Å²) in [5.41, 5.74) is 0. The number of methoxy groups -OCH3 is 1. The van der Waals surface area contributed by atoms with Crippen molar-refractivity contribution in [2.45, 2.75) is 6.54 Å². The molecule has 0 aliphatic carbocycles. The number of rotatable bonds is 4. The van der Waals surface area contributed by atoms with Crippen molar-refractivity contribution in [3.05, 3.63) is 41.4 Å². The smallest absolute Gasteiger partial charge is 0.173 e. The van der Waals surface area contributed by atoms with Crippen molar-refractivity contribution >= 4 is 17.2 Å². The molecule has 0 radical (unpaired) electrons. The molecule has 0 atom stereocenters. The summed E-state index contributed by atoms with van der Waals surface area (Å²) in [6.45, 7) is 0.783. The van der Waals surface area contributed by atoms with Gasteiger partial charge in [-0.2, -0.15) is 0 Å². The Hall–Kier alpha value is -1.55. The molecule has 0 aromatic carbocycles. The lowest BCUT2D eigenvalue weighted by Crippen LogP contribution is -1.98. The molecule has 15 heavy (non-hydrogen) atoms. The molecule has 2 aromatic heterocycles. The van der Waals surface area contributed by atoms with Gasteiger partial charge in [-0.1, -0.05) is 6.07 Å². The van der Waals surface area contributed by atoms with Crippen molar-refractivity contribution in [1.29, 1.82) is 0 Å². The van der Waals surface area contributed by atoms with E-state index in [0.717, 1.165) is 17.4 Å². The Balaban J connectivity index is 1.93. The third-order valence-electron chi connectivity index (χ3n) is 1.95. The van der Waals surface area contributed by atoms with Crippen LogP contribution in [0, 0.1) is 0 Å². The average Bonchev–Trinajstić information content (AvgIpc) is 2.76. The first-order valence-corrected chi connectivity index (χ1v) is 5.48. The monoisotopic (exact) mass is 220 g/mol. The van der Waals surface area contributed by atoms with Gasteiger partial charge in [-0.3, -0.25) is 0 Å². The second kappa shape index (κ2) is 4.79. The van der Waals surface area contributed by atoms with Crippen molar-refractivity contribution < 1.29 is 4.74 Å². The number of ether oxygens (including phenoxy) is 1. The maximum atomic E-state index is 5.12. The molecular weight excluding hydrogens is 208 g/mol. The maximum Gasteiger partial charge on any atom is 0.173 e. The number of nitrogens with one attached hydrogen (secondary N) is 1. The molecule has 4 heteroatoms. The average molecular weight is 220 g/mol. The van der Waals surface area contributed by atoms with Crippen LogP contribution < -0.4 is 10.1 Å². The molecule has 0 spiro atoms. The van der Waals surface area contributed by atoms with Gasteiger partial charge in [-0.25, -0.2) is 4.98 Å². The lowest BCUT2D eigenvalue weighted by Gasteiger charge is -2.02. The Bertz CT molecular complexity index is 414. The van der Waals surface area contributed by atoms with E-state index in [1.165, 1.54) is 4.88 Å². The lowest BCUT2D eigenvalue weighted by molar-refractivity contribution is 0.427. The summed E-state index contributed by atoms with van der Waals surface area (Å²) in [7, 11) is 1.68. The Morgan fingerprint density at radius 1 is 1.33 bits per heavy atom. The number of pyridine rings is 1. The van der Waals surface area contributed by atoms with Crippen LogP contribution in [0.15, 0.2) is 36.5 Å². The van der Waals surface area contributed by atoms with Crippen molar-refractivity contribution in [3.8, 4) is 5.06 Å². The number of anilines is 1. The van der Waals surface area contributed by atoms with Gasteiger partial charge in [0.1, 0.15) is 5.82 Å². The normalized spacial score (nSPS) is 9.93. The summed E-state index contributed by atoms with van der Waals surface area (Å²) in [4.78, 5) is 5.42. The fourth-order valence-corrected chi connectivity index (χ4v) is 1.97. The highest BCUT2D eigenvalue weighted by Gasteiger charge is 1.99. The third-order valence-corrected chi connectivity index (χ3v) is 2.99. The summed E-state index contributed by atoms with van der Waals surface area (Å²) in [5.74, 6) is 0.893. The number of nitrogens with zero attached hydrogens (tertiary/aromatic N) is 1. The Morgan fingerprint density at radius 3 is 2.93 bits per heavy atom. The summed E-state index contributed by atoms with van der Waals surface area (Å²) in [5, 5.41) is 4.18. The molecule has 2 rings (SSSR count). The van der Waals surface area contributed by atoms with E-state index in [9.17, 15) is 0 Å². The van der Waals surface area contributed by atoms with Crippen LogP contribution in [-0.4, -0.2) is 12.1 Å². The van der Waals surface area contributed by atoms with Crippen LogP contribution in [0.5, 0.6) is 5.06 Å². The van der Waals surface area contributed by atoms with Gasteiger partial charge in [-0.05, 0) is 24.3 Å². The van der Waals surface area contributed by atoms with E-state index < -0.39 is 0 Å². The molecular formula is C11H12N2OS. The first-order valence-electron chi connectivity index (χ1n) is 4.66. The first-order chi connectivity index (χ1) is 7.38. The van der Waals surface area contributed by atoms with Gasteiger partial charge in [0.2, 0.25) is 0 Å². The van der Waals surface area contributed by atoms with E-state index in [1.807, 2.05) is 24.3 Å². The molecule has 2 heterocycles. The summed E-state index contributed by atoms with van der Waals surface area (Å²) in [6, 6.07) is 9.84. The molecule has 0 unspecified atom stereocenters. The van der Waals surface area contributed by atoms with E-state index in [4.69, 9.17) is 4.74 Å². The summed E-state index contributed by atoms with van der Waals surface area (Å²) in [6.07, 6.45) is 1.78. The second-order valence-corrected chi connectivity index (χ2v) is 4.12. The van der Waals surface area contributed by atoms with Gasteiger partial charge < -0.3 is 10.1 Å². The molecule has 3 nitrogen and oxygen atoms in total. The first kappa shape index (κ1) is 9.98. The Kier molecular flexibility index (Phi) is 3.19. The molecule has 0 fully saturated rings. The molecule has 0 saturated heterocycles. The quantitative estimate of drug-likeness (QED) is 0.860. The highest BCUT2D eigenvalue weighted by atomic mass is 32.1. The van der Waals surface area contributed by atoms with Gasteiger partial charge in [0.25, 0.3) is 0 Å². The van der Waals surface area contributed by atoms with Gasteiger partial charge in [-0.15, -0.1) is 11.3 Å². The molecule has 0 aliphatic heterocycles. The highest BCUT2D eigenvalue weighted by molar-refractivity contribution is 7.13. The van der Waals surface area contributed by atoms with E-state index in [0.29, 0.717) is 0 Å². The lowest BCUT2D eigenvalue weighted by atomic mass is 10.4. The molecule has 2 aromatic rings. The van der Waals surface area contributed by atoms with Crippen molar-refractivity contribution in [2.75, 3.05) is 12.4 Å². The zero-order valence-electron chi connectivity index (χ0n) is 8.43. The van der Waals surface area contributed by atoms with Crippen LogP contribution in [0.3, 0.4) is 0 Å². The summed E-state index contributed by atoms with van der Waals surface area (Å²) < 4.78 is 5.12. The molecule has 0 bridgehead atoms. The minimum atomic E-state index is 0.783. The number of hydrogen-bond donors (Lipinski definition) is 1. The fraction of sp³-hybridized carbons (Fsp3) is 0.182. The van der Waals surface area contributed by atoms with Gasteiger partial charge >= 0.3 is 0 Å². The fourth-order valence-electron chi connectivity index (χ4n) is 1.21.